The predicted octanol–water partition coefficient (Wildman–Crippen LogP) is 5.82. The Morgan fingerprint density at radius 1 is 1.00 bits per heavy atom. The van der Waals surface area contributed by atoms with Crippen molar-refractivity contribution in [2.24, 2.45) is 23.2 Å². The average molecular weight is 766 g/mol. The number of aryl methyl sites for hydroxylation is 1. The molecule has 6 atom stereocenters. The number of sulfonamides is 1. The zero-order valence-electron chi connectivity index (χ0n) is 31.7. The van der Waals surface area contributed by atoms with Crippen molar-refractivity contribution in [3.63, 3.8) is 0 Å². The summed E-state index contributed by atoms with van der Waals surface area (Å²) >= 11 is 0. The Kier molecular flexibility index (Phi) is 11.5. The number of methoxy groups -OCH3 is 1. The van der Waals surface area contributed by atoms with Crippen LogP contribution in [0, 0.1) is 23.2 Å². The van der Waals surface area contributed by atoms with Crippen molar-refractivity contribution < 1.29 is 41.8 Å². The van der Waals surface area contributed by atoms with Crippen LogP contribution in [-0.2, 0) is 40.4 Å². The molecule has 2 saturated heterocycles. The Bertz CT molecular complexity index is 1860. The number of hydrogen-bond donors (Lipinski definition) is 1. The smallest absolute Gasteiger partial charge is 0.306 e. The maximum atomic E-state index is 14.6. The van der Waals surface area contributed by atoms with Gasteiger partial charge < -0.3 is 19.1 Å². The van der Waals surface area contributed by atoms with Crippen LogP contribution in [0.5, 0.6) is 11.6 Å². The van der Waals surface area contributed by atoms with Gasteiger partial charge in [0.05, 0.1) is 43.4 Å². The Balaban J connectivity index is 1.22. The molecule has 1 aromatic carbocycles. The largest absolute Gasteiger partial charge is 0.496 e. The van der Waals surface area contributed by atoms with Crippen molar-refractivity contribution in [3.05, 3.63) is 30.0 Å². The zero-order chi connectivity index (χ0) is 38.0. The first-order valence-electron chi connectivity index (χ1n) is 20.1. The number of esters is 1. The molecule has 4 fully saturated rings. The number of amides is 2. The van der Waals surface area contributed by atoms with Crippen LogP contribution in [0.25, 0.3) is 10.8 Å². The lowest BCUT2D eigenvalue weighted by Crippen LogP contribution is -2.46. The quantitative estimate of drug-likeness (QED) is 0.376. The van der Waals surface area contributed by atoms with Gasteiger partial charge in [0.2, 0.25) is 27.7 Å². The monoisotopic (exact) mass is 765 g/mol. The minimum absolute atomic E-state index is 0.0750. The maximum absolute atomic E-state index is 14.6. The normalized spacial score (nSPS) is 30.5. The van der Waals surface area contributed by atoms with Gasteiger partial charge in [-0.1, -0.05) is 45.4 Å². The van der Waals surface area contributed by atoms with Crippen molar-refractivity contribution in [1.82, 2.24) is 14.6 Å². The molecule has 1 aromatic heterocycles. The highest BCUT2D eigenvalue weighted by Gasteiger charge is 2.62. The molecule has 13 heteroatoms. The molecule has 12 nitrogen and oxygen atoms in total. The van der Waals surface area contributed by atoms with E-state index in [1.807, 2.05) is 12.1 Å². The lowest BCUT2D eigenvalue weighted by Gasteiger charge is -2.29. The fourth-order valence-corrected chi connectivity index (χ4v) is 10.4. The number of hydrogen-bond acceptors (Lipinski definition) is 10. The summed E-state index contributed by atoms with van der Waals surface area (Å²) in [5, 5.41) is 1.14. The SMILES string of the molecule is COc1cc2ccnc3c2cc1CCCC[C@@H](C)COC(=O)C[C@H]1CCCCCCC[C@@H]2C[C@@]2(C(=O)NS(=O)(=O)C2CC2)CC(=O)[C@@H]2C[C@H](CN2C1=O)O3. The molecule has 7 rings (SSSR count). The van der Waals surface area contributed by atoms with Crippen molar-refractivity contribution in [1.29, 1.82) is 0 Å². The zero-order valence-corrected chi connectivity index (χ0v) is 32.5. The number of pyridine rings is 1. The van der Waals surface area contributed by atoms with E-state index < -0.39 is 50.6 Å². The Hall–Kier alpha value is -3.74. The molecule has 2 aromatic rings. The molecule has 54 heavy (non-hydrogen) atoms. The van der Waals surface area contributed by atoms with E-state index >= 15 is 0 Å². The second-order valence-electron chi connectivity index (χ2n) is 16.6. The van der Waals surface area contributed by atoms with E-state index in [1.165, 1.54) is 0 Å². The minimum atomic E-state index is -3.81. The number of aromatic nitrogens is 1. The lowest BCUT2D eigenvalue weighted by molar-refractivity contribution is -0.151. The fourth-order valence-electron chi connectivity index (χ4n) is 8.99. The predicted molar refractivity (Wildman–Crippen MR) is 201 cm³/mol. The number of carbonyl (C=O) groups excluding carboxylic acids is 4. The van der Waals surface area contributed by atoms with Crippen molar-refractivity contribution in [2.45, 2.75) is 133 Å². The van der Waals surface area contributed by atoms with Gasteiger partial charge in [0, 0.05) is 30.3 Å². The third-order valence-electron chi connectivity index (χ3n) is 12.5. The molecule has 0 radical (unpaired) electrons. The number of benzene rings is 1. The van der Waals surface area contributed by atoms with E-state index in [1.54, 1.807) is 18.2 Å². The molecule has 2 saturated carbocycles. The van der Waals surface area contributed by atoms with Gasteiger partial charge in [0.25, 0.3) is 0 Å². The molecule has 2 amide bonds. The van der Waals surface area contributed by atoms with Gasteiger partial charge in [0.15, 0.2) is 5.78 Å². The van der Waals surface area contributed by atoms with Crippen molar-refractivity contribution in [2.75, 3.05) is 20.3 Å². The summed E-state index contributed by atoms with van der Waals surface area (Å²) < 4.78 is 46.2. The summed E-state index contributed by atoms with van der Waals surface area (Å²) in [6.45, 7) is 2.45. The van der Waals surface area contributed by atoms with Crippen LogP contribution < -0.4 is 14.2 Å². The van der Waals surface area contributed by atoms with Gasteiger partial charge in [-0.2, -0.15) is 0 Å². The fraction of sp³-hybridized carbons (Fsp3) is 0.683. The van der Waals surface area contributed by atoms with Crippen LogP contribution in [0.15, 0.2) is 24.4 Å². The number of carbonyl (C=O) groups is 4. The second-order valence-corrected chi connectivity index (χ2v) is 18.6. The number of ketones is 1. The highest BCUT2D eigenvalue weighted by molar-refractivity contribution is 7.90. The molecular weight excluding hydrogens is 711 g/mol. The minimum Gasteiger partial charge on any atom is -0.496 e. The Morgan fingerprint density at radius 3 is 2.54 bits per heavy atom. The third kappa shape index (κ3) is 8.55. The Morgan fingerprint density at radius 2 is 1.76 bits per heavy atom. The molecule has 294 valence electrons. The van der Waals surface area contributed by atoms with Crippen LogP contribution in [0.4, 0.5) is 0 Å². The summed E-state index contributed by atoms with van der Waals surface area (Å²) in [5.41, 5.74) is -0.108. The van der Waals surface area contributed by atoms with Crippen molar-refractivity contribution in [3.8, 4) is 11.6 Å². The van der Waals surface area contributed by atoms with E-state index in [-0.39, 0.29) is 55.9 Å². The van der Waals surface area contributed by atoms with E-state index in [2.05, 4.69) is 22.7 Å². The first-order valence-corrected chi connectivity index (χ1v) is 21.7. The summed E-state index contributed by atoms with van der Waals surface area (Å²) in [5.74, 6) is -1.06. The van der Waals surface area contributed by atoms with Crippen molar-refractivity contribution >= 4 is 44.4 Å². The third-order valence-corrected chi connectivity index (χ3v) is 14.3. The molecule has 1 N–H and O–H groups in total. The van der Waals surface area contributed by atoms with E-state index in [4.69, 9.17) is 14.2 Å². The number of nitrogens with one attached hydrogen (secondary N) is 1. The number of Topliss-reactive ketones (excluding diaryl/α,β-unsaturated/α-hetero) is 1. The number of rotatable bonds is 4. The molecule has 0 unspecified atom stereocenters. The summed E-state index contributed by atoms with van der Waals surface area (Å²) in [6, 6.07) is 5.04. The van der Waals surface area contributed by atoms with Gasteiger partial charge in [-0.3, -0.25) is 23.9 Å². The highest BCUT2D eigenvalue weighted by atomic mass is 32.2. The molecule has 0 spiro atoms. The summed E-state index contributed by atoms with van der Waals surface area (Å²) in [7, 11) is -2.15. The molecule has 5 bridgehead atoms. The number of cyclic esters (lactones) is 1. The van der Waals surface area contributed by atoms with Gasteiger partial charge in [-0.05, 0) is 92.4 Å². The maximum Gasteiger partial charge on any atom is 0.306 e. The standard InChI is InChI=1S/C41H55N3O9S/c1-26-10-8-9-11-28-18-33-27(19-36(28)51-2)16-17-42-38(33)53-31-21-34-35(45)23-41(40(48)43-54(49,50)32-14-15-32)22-30(41)13-7-5-3-4-6-12-29(20-37(46)52-25-26)39(47)44(34)24-31/h16-19,26,29-32,34H,3-15,20-25H2,1-2H3,(H,43,48)/t26-,29-,30-,31-,34+,41-/m1/s1. The summed E-state index contributed by atoms with van der Waals surface area (Å²) in [6.07, 6.45) is 11.7. The van der Waals surface area contributed by atoms with Crippen LogP contribution in [0.2, 0.25) is 0 Å². The van der Waals surface area contributed by atoms with Gasteiger partial charge in [-0.15, -0.1) is 0 Å². The van der Waals surface area contributed by atoms with E-state index in [0.717, 1.165) is 86.3 Å². The molecule has 3 aliphatic heterocycles. The number of fused-ring (bicyclic) bond motifs is 4. The van der Waals surface area contributed by atoms with Gasteiger partial charge in [0.1, 0.15) is 11.9 Å². The topological polar surface area (TPSA) is 158 Å². The van der Waals surface area contributed by atoms with Crippen LogP contribution in [-0.4, -0.2) is 79.5 Å². The molecule has 2 aliphatic carbocycles. The molecular formula is C41H55N3O9S. The molecule has 4 heterocycles. The molecule has 5 aliphatic rings. The van der Waals surface area contributed by atoms with Gasteiger partial charge in [-0.25, -0.2) is 13.4 Å². The van der Waals surface area contributed by atoms with Crippen LogP contribution in [0.3, 0.4) is 0 Å². The average Bonchev–Trinajstić information content (AvgIpc) is 4.07. The summed E-state index contributed by atoms with van der Waals surface area (Å²) in [4.78, 5) is 62.5. The first kappa shape index (κ1) is 38.5. The Labute approximate surface area is 318 Å². The van der Waals surface area contributed by atoms with Crippen LogP contribution >= 0.6 is 0 Å². The lowest BCUT2D eigenvalue weighted by atomic mass is 9.90. The van der Waals surface area contributed by atoms with Crippen LogP contribution in [0.1, 0.15) is 115 Å². The number of ether oxygens (including phenoxy) is 3. The van der Waals surface area contributed by atoms with E-state index in [0.29, 0.717) is 31.6 Å². The first-order chi connectivity index (χ1) is 26.0. The highest BCUT2D eigenvalue weighted by Crippen LogP contribution is 2.59. The van der Waals surface area contributed by atoms with E-state index in [9.17, 15) is 27.6 Å². The van der Waals surface area contributed by atoms with Gasteiger partial charge >= 0.3 is 5.97 Å². The number of nitrogens with zero attached hydrogens (tertiary/aromatic N) is 2. The second kappa shape index (κ2) is 16.2.